The van der Waals surface area contributed by atoms with Gasteiger partial charge in [0.15, 0.2) is 11.5 Å². The average molecular weight is 296 g/mol. The summed E-state index contributed by atoms with van der Waals surface area (Å²) in [6, 6.07) is 1.12. The largest absolute Gasteiger partial charge is 0.507 e. The summed E-state index contributed by atoms with van der Waals surface area (Å²) < 4.78 is 10.0. The average Bonchev–Trinajstić information content (AvgIpc) is 2.41. The lowest BCUT2D eigenvalue weighted by atomic mass is 10.1. The second-order valence-corrected chi connectivity index (χ2v) is 4.64. The molecule has 0 aliphatic heterocycles. The van der Waals surface area contributed by atoms with Crippen LogP contribution in [0.4, 0.5) is 0 Å². The van der Waals surface area contributed by atoms with Gasteiger partial charge in [-0.05, 0) is 19.8 Å². The van der Waals surface area contributed by atoms with Gasteiger partial charge in [0.25, 0.3) is 0 Å². The van der Waals surface area contributed by atoms with Gasteiger partial charge in [0, 0.05) is 24.5 Å². The molecule has 6 heteroatoms. The number of ether oxygens (including phenoxy) is 2. The molecule has 0 aliphatic rings. The van der Waals surface area contributed by atoms with Gasteiger partial charge >= 0.3 is 11.9 Å². The third kappa shape index (κ3) is 4.37. The van der Waals surface area contributed by atoms with E-state index in [1.165, 1.54) is 6.92 Å². The van der Waals surface area contributed by atoms with Crippen LogP contribution in [-0.2, 0) is 9.59 Å². The summed E-state index contributed by atoms with van der Waals surface area (Å²) in [5.74, 6) is -2.19. The Hall–Kier alpha value is -2.24. The number of carbonyl (C=O) groups is 2. The van der Waals surface area contributed by atoms with E-state index in [9.17, 15) is 19.8 Å². The molecule has 0 saturated heterocycles. The minimum atomic E-state index is -0.540. The summed E-state index contributed by atoms with van der Waals surface area (Å²) in [7, 11) is 0. The number of hydrogen-bond acceptors (Lipinski definition) is 6. The first-order valence-electron chi connectivity index (χ1n) is 6.87. The van der Waals surface area contributed by atoms with E-state index in [0.29, 0.717) is 12.8 Å². The molecular weight excluding hydrogens is 276 g/mol. The van der Waals surface area contributed by atoms with Gasteiger partial charge in [-0.3, -0.25) is 9.59 Å². The maximum atomic E-state index is 11.5. The number of rotatable bonds is 6. The maximum absolute atomic E-state index is 11.5. The Labute approximate surface area is 123 Å². The predicted octanol–water partition coefficient (Wildman–Crippen LogP) is 2.82. The van der Waals surface area contributed by atoms with Crippen LogP contribution in [0, 0.1) is 6.92 Å². The van der Waals surface area contributed by atoms with Crippen LogP contribution < -0.4 is 9.47 Å². The minimum Gasteiger partial charge on any atom is -0.507 e. The molecule has 1 aromatic carbocycles. The molecular formula is C15H20O6. The van der Waals surface area contributed by atoms with Gasteiger partial charge < -0.3 is 19.7 Å². The molecule has 0 fully saturated rings. The van der Waals surface area contributed by atoms with Crippen LogP contribution in [0.1, 0.15) is 45.1 Å². The molecule has 0 atom stereocenters. The highest BCUT2D eigenvalue weighted by atomic mass is 16.6. The van der Waals surface area contributed by atoms with Crippen molar-refractivity contribution < 1.29 is 29.3 Å². The van der Waals surface area contributed by atoms with Gasteiger partial charge in [0.1, 0.15) is 5.75 Å². The van der Waals surface area contributed by atoms with E-state index in [0.717, 1.165) is 6.07 Å². The molecule has 0 aliphatic carbocycles. The zero-order valence-corrected chi connectivity index (χ0v) is 12.4. The SMILES string of the molecule is CCCC(=O)Oc1cc(O)c(C)c(OC(=O)CCC)c1O. The second-order valence-electron chi connectivity index (χ2n) is 4.64. The molecule has 21 heavy (non-hydrogen) atoms. The molecule has 116 valence electrons. The van der Waals surface area contributed by atoms with Crippen LogP contribution in [0.15, 0.2) is 6.07 Å². The third-order valence-electron chi connectivity index (χ3n) is 2.79. The Morgan fingerprint density at radius 1 is 1.05 bits per heavy atom. The number of benzene rings is 1. The van der Waals surface area contributed by atoms with E-state index in [2.05, 4.69) is 0 Å². The van der Waals surface area contributed by atoms with Crippen molar-refractivity contribution in [3.63, 3.8) is 0 Å². The molecule has 2 N–H and O–H groups in total. The van der Waals surface area contributed by atoms with Crippen LogP contribution >= 0.6 is 0 Å². The van der Waals surface area contributed by atoms with Crippen molar-refractivity contribution in [3.8, 4) is 23.0 Å². The fourth-order valence-corrected chi connectivity index (χ4v) is 1.66. The third-order valence-corrected chi connectivity index (χ3v) is 2.79. The monoisotopic (exact) mass is 296 g/mol. The molecule has 1 rings (SSSR count). The van der Waals surface area contributed by atoms with Crippen LogP contribution in [0.5, 0.6) is 23.0 Å². The molecule has 1 aromatic rings. The number of hydrogen-bond donors (Lipinski definition) is 2. The predicted molar refractivity (Wildman–Crippen MR) is 75.6 cm³/mol. The van der Waals surface area contributed by atoms with Crippen LogP contribution in [0.25, 0.3) is 0 Å². The summed E-state index contributed by atoms with van der Waals surface area (Å²) in [5, 5.41) is 19.9. The lowest BCUT2D eigenvalue weighted by molar-refractivity contribution is -0.134. The lowest BCUT2D eigenvalue weighted by Gasteiger charge is -2.14. The number of phenols is 2. The van der Waals surface area contributed by atoms with Crippen molar-refractivity contribution >= 4 is 11.9 Å². The minimum absolute atomic E-state index is 0.180. The van der Waals surface area contributed by atoms with Gasteiger partial charge in [-0.1, -0.05) is 13.8 Å². The smallest absolute Gasteiger partial charge is 0.311 e. The normalized spacial score (nSPS) is 10.2. The standard InChI is InChI=1S/C15H20O6/c1-4-6-12(17)20-11-8-10(16)9(3)15(14(11)19)21-13(18)7-5-2/h8,16,19H,4-7H2,1-3H3. The van der Waals surface area contributed by atoms with Crippen molar-refractivity contribution in [2.24, 2.45) is 0 Å². The highest BCUT2D eigenvalue weighted by molar-refractivity contribution is 5.77. The zero-order chi connectivity index (χ0) is 16.0. The summed E-state index contributed by atoms with van der Waals surface area (Å²) in [6.07, 6.45) is 1.55. The number of aromatic hydroxyl groups is 2. The molecule has 0 radical (unpaired) electrons. The number of esters is 2. The van der Waals surface area contributed by atoms with E-state index in [1.807, 2.05) is 13.8 Å². The van der Waals surface area contributed by atoms with Gasteiger partial charge in [-0.2, -0.15) is 0 Å². The fourth-order valence-electron chi connectivity index (χ4n) is 1.66. The van der Waals surface area contributed by atoms with Gasteiger partial charge in [-0.25, -0.2) is 0 Å². The van der Waals surface area contributed by atoms with E-state index >= 15 is 0 Å². The van der Waals surface area contributed by atoms with Crippen molar-refractivity contribution in [3.05, 3.63) is 11.6 Å². The van der Waals surface area contributed by atoms with Crippen LogP contribution in [0.3, 0.4) is 0 Å². The highest BCUT2D eigenvalue weighted by Crippen LogP contribution is 2.44. The van der Waals surface area contributed by atoms with Crippen molar-refractivity contribution in [2.75, 3.05) is 0 Å². The summed E-state index contributed by atoms with van der Waals surface area (Å²) >= 11 is 0. The molecule has 0 heterocycles. The Morgan fingerprint density at radius 2 is 1.57 bits per heavy atom. The van der Waals surface area contributed by atoms with Crippen LogP contribution in [-0.4, -0.2) is 22.2 Å². The van der Waals surface area contributed by atoms with E-state index in [1.54, 1.807) is 0 Å². The molecule has 0 amide bonds. The number of phenolic OH excluding ortho intramolecular Hbond substituents is 2. The summed E-state index contributed by atoms with van der Waals surface area (Å²) in [5.41, 5.74) is 0.201. The lowest BCUT2D eigenvalue weighted by Crippen LogP contribution is -2.10. The van der Waals surface area contributed by atoms with E-state index in [4.69, 9.17) is 9.47 Å². The van der Waals surface area contributed by atoms with E-state index < -0.39 is 17.7 Å². The molecule has 0 aromatic heterocycles. The molecule has 6 nitrogen and oxygen atoms in total. The molecule has 0 bridgehead atoms. The first-order chi connectivity index (χ1) is 9.90. The summed E-state index contributed by atoms with van der Waals surface area (Å²) in [4.78, 5) is 23.0. The number of carbonyl (C=O) groups excluding carboxylic acids is 2. The molecule has 0 saturated carbocycles. The Bertz CT molecular complexity index is 535. The fraction of sp³-hybridized carbons (Fsp3) is 0.467. The first-order valence-corrected chi connectivity index (χ1v) is 6.87. The van der Waals surface area contributed by atoms with Gasteiger partial charge in [-0.15, -0.1) is 0 Å². The maximum Gasteiger partial charge on any atom is 0.311 e. The van der Waals surface area contributed by atoms with Gasteiger partial charge in [0.2, 0.25) is 5.75 Å². The first kappa shape index (κ1) is 16.8. The van der Waals surface area contributed by atoms with Crippen molar-refractivity contribution in [1.29, 1.82) is 0 Å². The quantitative estimate of drug-likeness (QED) is 0.476. The Kier molecular flexibility index (Phi) is 6.02. The highest BCUT2D eigenvalue weighted by Gasteiger charge is 2.21. The van der Waals surface area contributed by atoms with Crippen molar-refractivity contribution in [1.82, 2.24) is 0 Å². The Morgan fingerprint density at radius 3 is 2.10 bits per heavy atom. The van der Waals surface area contributed by atoms with Crippen LogP contribution in [0.2, 0.25) is 0 Å². The Balaban J connectivity index is 3.09. The topological polar surface area (TPSA) is 93.1 Å². The van der Waals surface area contributed by atoms with E-state index in [-0.39, 0.29) is 35.7 Å². The zero-order valence-electron chi connectivity index (χ0n) is 12.4. The molecule has 0 unspecified atom stereocenters. The molecule has 0 spiro atoms. The van der Waals surface area contributed by atoms with Crippen molar-refractivity contribution in [2.45, 2.75) is 46.5 Å². The van der Waals surface area contributed by atoms with Gasteiger partial charge in [0.05, 0.1) is 0 Å². The summed E-state index contributed by atoms with van der Waals surface area (Å²) in [6.45, 7) is 5.11. The second kappa shape index (κ2) is 7.52.